The van der Waals surface area contributed by atoms with Crippen LogP contribution in [0.1, 0.15) is 10.4 Å². The molecule has 0 atom stereocenters. The van der Waals surface area contributed by atoms with E-state index < -0.39 is 17.6 Å². The van der Waals surface area contributed by atoms with Gasteiger partial charge in [-0.2, -0.15) is 0 Å². The topological polar surface area (TPSA) is 37.3 Å². The van der Waals surface area contributed by atoms with E-state index in [0.29, 0.717) is 0 Å². The van der Waals surface area contributed by atoms with Crippen LogP contribution in [0.25, 0.3) is 11.1 Å². The maximum Gasteiger partial charge on any atom is 0.335 e. The summed E-state index contributed by atoms with van der Waals surface area (Å²) in [5.74, 6) is -2.58. The quantitative estimate of drug-likeness (QED) is 0.906. The van der Waals surface area contributed by atoms with E-state index in [0.717, 1.165) is 6.07 Å². The standard InChI is InChI=1S/C13H7BrF2O2/c14-10-3-1-2-9(12(10)16)8-5-4-7(13(17)18)6-11(8)15/h1-6H,(H,17,18). The van der Waals surface area contributed by atoms with Gasteiger partial charge in [0.15, 0.2) is 0 Å². The first-order valence-electron chi connectivity index (χ1n) is 4.98. The van der Waals surface area contributed by atoms with Crippen LogP contribution in [-0.4, -0.2) is 11.1 Å². The van der Waals surface area contributed by atoms with Gasteiger partial charge in [-0.1, -0.05) is 18.2 Å². The van der Waals surface area contributed by atoms with Crippen molar-refractivity contribution in [2.75, 3.05) is 0 Å². The van der Waals surface area contributed by atoms with E-state index in [1.54, 1.807) is 6.07 Å². The van der Waals surface area contributed by atoms with Crippen molar-refractivity contribution in [2.24, 2.45) is 0 Å². The second kappa shape index (κ2) is 4.86. The lowest BCUT2D eigenvalue weighted by molar-refractivity contribution is 0.0696. The molecule has 18 heavy (non-hydrogen) atoms. The molecule has 0 unspecified atom stereocenters. The fraction of sp³-hybridized carbons (Fsp3) is 0. The molecule has 0 amide bonds. The average molecular weight is 313 g/mol. The van der Waals surface area contributed by atoms with Gasteiger partial charge in [0.05, 0.1) is 10.0 Å². The summed E-state index contributed by atoms with van der Waals surface area (Å²) in [7, 11) is 0. The van der Waals surface area contributed by atoms with Gasteiger partial charge in [0, 0.05) is 11.1 Å². The molecule has 0 fully saturated rings. The van der Waals surface area contributed by atoms with Gasteiger partial charge in [-0.25, -0.2) is 13.6 Å². The molecule has 0 heterocycles. The van der Waals surface area contributed by atoms with E-state index in [1.807, 2.05) is 0 Å². The number of carboxylic acids is 1. The third-order valence-corrected chi connectivity index (χ3v) is 3.07. The summed E-state index contributed by atoms with van der Waals surface area (Å²) in [5.41, 5.74) is -0.0655. The van der Waals surface area contributed by atoms with Gasteiger partial charge in [0.2, 0.25) is 0 Å². The van der Waals surface area contributed by atoms with Gasteiger partial charge in [-0.3, -0.25) is 0 Å². The summed E-state index contributed by atoms with van der Waals surface area (Å²) >= 11 is 3.01. The molecule has 5 heteroatoms. The van der Waals surface area contributed by atoms with E-state index in [2.05, 4.69) is 15.9 Å². The molecule has 0 aromatic heterocycles. The lowest BCUT2D eigenvalue weighted by atomic mass is 10.0. The zero-order chi connectivity index (χ0) is 13.3. The van der Waals surface area contributed by atoms with Crippen molar-refractivity contribution in [3.8, 4) is 11.1 Å². The molecule has 0 aliphatic carbocycles. The van der Waals surface area contributed by atoms with E-state index in [4.69, 9.17) is 5.11 Å². The molecule has 0 spiro atoms. The molecule has 0 aliphatic heterocycles. The Hall–Kier alpha value is -1.75. The minimum atomic E-state index is -1.23. The summed E-state index contributed by atoms with van der Waals surface area (Å²) in [6, 6.07) is 7.87. The molecule has 0 aliphatic rings. The lowest BCUT2D eigenvalue weighted by Gasteiger charge is -2.07. The average Bonchev–Trinajstić information content (AvgIpc) is 2.33. The first-order valence-corrected chi connectivity index (χ1v) is 5.77. The Morgan fingerprint density at radius 2 is 1.83 bits per heavy atom. The maximum atomic E-state index is 13.8. The van der Waals surface area contributed by atoms with E-state index in [1.165, 1.54) is 24.3 Å². The van der Waals surface area contributed by atoms with Crippen molar-refractivity contribution in [2.45, 2.75) is 0 Å². The molecule has 2 rings (SSSR count). The monoisotopic (exact) mass is 312 g/mol. The Bertz CT molecular complexity index is 626. The first kappa shape index (κ1) is 12.7. The summed E-state index contributed by atoms with van der Waals surface area (Å²) in [5, 5.41) is 8.72. The first-order chi connectivity index (χ1) is 8.50. The molecular weight excluding hydrogens is 306 g/mol. The number of rotatable bonds is 2. The molecule has 2 aromatic carbocycles. The minimum Gasteiger partial charge on any atom is -0.478 e. The molecule has 0 saturated heterocycles. The second-order valence-electron chi connectivity index (χ2n) is 3.60. The van der Waals surface area contributed by atoms with Crippen molar-refractivity contribution in [3.63, 3.8) is 0 Å². The summed E-state index contributed by atoms with van der Waals surface area (Å²) < 4.78 is 27.8. The molecule has 2 aromatic rings. The zero-order valence-corrected chi connectivity index (χ0v) is 10.5. The van der Waals surface area contributed by atoms with E-state index >= 15 is 0 Å². The SMILES string of the molecule is O=C(O)c1ccc(-c2cccc(Br)c2F)c(F)c1. The van der Waals surface area contributed by atoms with E-state index in [-0.39, 0.29) is 21.2 Å². The smallest absolute Gasteiger partial charge is 0.335 e. The number of halogens is 3. The molecule has 92 valence electrons. The number of benzene rings is 2. The van der Waals surface area contributed by atoms with Crippen molar-refractivity contribution in [1.29, 1.82) is 0 Å². The highest BCUT2D eigenvalue weighted by Crippen LogP contribution is 2.30. The van der Waals surface area contributed by atoms with Crippen LogP contribution in [0.5, 0.6) is 0 Å². The molecular formula is C13H7BrF2O2. The van der Waals surface area contributed by atoms with Crippen LogP contribution in [0.4, 0.5) is 8.78 Å². The van der Waals surface area contributed by atoms with Crippen molar-refractivity contribution >= 4 is 21.9 Å². The Labute approximate surface area is 110 Å². The Kier molecular flexibility index (Phi) is 3.43. The number of aromatic carboxylic acids is 1. The Balaban J connectivity index is 2.58. The van der Waals surface area contributed by atoms with Crippen LogP contribution >= 0.6 is 15.9 Å². The fourth-order valence-corrected chi connectivity index (χ4v) is 1.94. The summed E-state index contributed by atoms with van der Waals surface area (Å²) in [6.45, 7) is 0. The summed E-state index contributed by atoms with van der Waals surface area (Å²) in [6.07, 6.45) is 0. The molecule has 1 N–H and O–H groups in total. The molecule has 2 nitrogen and oxygen atoms in total. The molecule has 0 saturated carbocycles. The third-order valence-electron chi connectivity index (χ3n) is 2.46. The lowest BCUT2D eigenvalue weighted by Crippen LogP contribution is -1.98. The van der Waals surface area contributed by atoms with Gasteiger partial charge < -0.3 is 5.11 Å². The minimum absolute atomic E-state index is 0.0267. The number of carboxylic acid groups (broad SMARTS) is 1. The third kappa shape index (κ3) is 2.26. The number of hydrogen-bond acceptors (Lipinski definition) is 1. The van der Waals surface area contributed by atoms with Gasteiger partial charge in [-0.05, 0) is 34.1 Å². The van der Waals surface area contributed by atoms with Crippen LogP contribution in [0.3, 0.4) is 0 Å². The van der Waals surface area contributed by atoms with Crippen LogP contribution in [-0.2, 0) is 0 Å². The summed E-state index contributed by atoms with van der Waals surface area (Å²) in [4.78, 5) is 10.7. The van der Waals surface area contributed by atoms with Crippen molar-refractivity contribution < 1.29 is 18.7 Å². The fourth-order valence-electron chi connectivity index (χ4n) is 1.58. The number of hydrogen-bond donors (Lipinski definition) is 1. The normalized spacial score (nSPS) is 10.4. The van der Waals surface area contributed by atoms with Crippen molar-refractivity contribution in [1.82, 2.24) is 0 Å². The largest absolute Gasteiger partial charge is 0.478 e. The van der Waals surface area contributed by atoms with Crippen LogP contribution in [0.2, 0.25) is 0 Å². The van der Waals surface area contributed by atoms with Gasteiger partial charge in [0.1, 0.15) is 11.6 Å². The predicted molar refractivity (Wildman–Crippen MR) is 66.5 cm³/mol. The molecule has 0 bridgehead atoms. The Morgan fingerprint density at radius 1 is 1.11 bits per heavy atom. The highest BCUT2D eigenvalue weighted by atomic mass is 79.9. The van der Waals surface area contributed by atoms with Gasteiger partial charge in [-0.15, -0.1) is 0 Å². The van der Waals surface area contributed by atoms with Crippen LogP contribution in [0.15, 0.2) is 40.9 Å². The van der Waals surface area contributed by atoms with Gasteiger partial charge in [0.25, 0.3) is 0 Å². The van der Waals surface area contributed by atoms with Crippen molar-refractivity contribution in [3.05, 3.63) is 58.1 Å². The van der Waals surface area contributed by atoms with Gasteiger partial charge >= 0.3 is 5.97 Å². The highest BCUT2D eigenvalue weighted by Gasteiger charge is 2.14. The van der Waals surface area contributed by atoms with Crippen LogP contribution < -0.4 is 0 Å². The highest BCUT2D eigenvalue weighted by molar-refractivity contribution is 9.10. The van der Waals surface area contributed by atoms with Crippen LogP contribution in [0, 0.1) is 11.6 Å². The Morgan fingerprint density at radius 3 is 2.44 bits per heavy atom. The second-order valence-corrected chi connectivity index (χ2v) is 4.46. The molecule has 0 radical (unpaired) electrons. The number of carbonyl (C=O) groups is 1. The predicted octanol–water partition coefficient (Wildman–Crippen LogP) is 4.09. The van der Waals surface area contributed by atoms with E-state index in [9.17, 15) is 13.6 Å². The maximum absolute atomic E-state index is 13.8. The zero-order valence-electron chi connectivity index (χ0n) is 8.95.